The Bertz CT molecular complexity index is 432. The Balaban J connectivity index is 0.00000180. The Hall–Kier alpha value is -0.100. The number of hydrogen-bond acceptors (Lipinski definition) is 3. The molecule has 108 valence electrons. The maximum atomic E-state index is 12.6. The summed E-state index contributed by atoms with van der Waals surface area (Å²) in [4.78, 5) is 14.4. The summed E-state index contributed by atoms with van der Waals surface area (Å²) in [5.41, 5.74) is 0.870. The van der Waals surface area contributed by atoms with E-state index in [1.807, 2.05) is 11.9 Å². The van der Waals surface area contributed by atoms with E-state index < -0.39 is 0 Å². The van der Waals surface area contributed by atoms with Crippen molar-refractivity contribution in [3.05, 3.63) is 20.8 Å². The van der Waals surface area contributed by atoms with Crippen molar-refractivity contribution in [2.24, 2.45) is 0 Å². The summed E-state index contributed by atoms with van der Waals surface area (Å²) >= 11 is 5.11. The number of carbonyl (C=O) groups excluding carboxylic acids is 1. The second-order valence-electron chi connectivity index (χ2n) is 4.89. The molecule has 1 N–H and O–H groups in total. The molecule has 0 radical (unpaired) electrons. The van der Waals surface area contributed by atoms with Crippen LogP contribution in [0, 0.1) is 0 Å². The summed E-state index contributed by atoms with van der Waals surface area (Å²) in [6, 6.07) is 2.08. The molecule has 1 aliphatic heterocycles. The van der Waals surface area contributed by atoms with E-state index in [4.69, 9.17) is 0 Å². The smallest absolute Gasteiger partial charge is 0.242 e. The average Bonchev–Trinajstić information content (AvgIpc) is 2.98. The first-order valence-corrected chi connectivity index (χ1v) is 7.98. The Kier molecular flexibility index (Phi) is 6.30. The first kappa shape index (κ1) is 17.0. The molecule has 1 saturated heterocycles. The number of nitrogens with one attached hydrogen (secondary N) is 1. The van der Waals surface area contributed by atoms with Crippen LogP contribution in [0.2, 0.25) is 0 Å². The summed E-state index contributed by atoms with van der Waals surface area (Å²) in [6.07, 6.45) is 2.92. The minimum atomic E-state index is -0.317. The minimum Gasteiger partial charge on any atom is -0.340 e. The largest absolute Gasteiger partial charge is 0.340 e. The van der Waals surface area contributed by atoms with Gasteiger partial charge < -0.3 is 10.2 Å². The van der Waals surface area contributed by atoms with Crippen LogP contribution < -0.4 is 5.32 Å². The van der Waals surface area contributed by atoms with E-state index in [1.54, 1.807) is 11.3 Å². The molecular weight excluding hydrogens is 348 g/mol. The minimum absolute atomic E-state index is 0. The van der Waals surface area contributed by atoms with E-state index in [0.717, 1.165) is 29.6 Å². The van der Waals surface area contributed by atoms with E-state index in [1.165, 1.54) is 5.56 Å². The first-order valence-electron chi connectivity index (χ1n) is 6.31. The van der Waals surface area contributed by atoms with Crippen molar-refractivity contribution < 1.29 is 4.79 Å². The number of halogens is 2. The highest BCUT2D eigenvalue weighted by molar-refractivity contribution is 9.11. The van der Waals surface area contributed by atoms with E-state index in [0.29, 0.717) is 6.54 Å². The molecule has 1 aliphatic rings. The van der Waals surface area contributed by atoms with Gasteiger partial charge in [-0.15, -0.1) is 23.7 Å². The van der Waals surface area contributed by atoms with Crippen LogP contribution in [-0.2, 0) is 11.3 Å². The van der Waals surface area contributed by atoms with E-state index in [2.05, 4.69) is 39.6 Å². The fourth-order valence-electron chi connectivity index (χ4n) is 2.58. The quantitative estimate of drug-likeness (QED) is 0.884. The molecule has 2 rings (SSSR count). The van der Waals surface area contributed by atoms with Crippen molar-refractivity contribution in [1.29, 1.82) is 0 Å². The zero-order valence-electron chi connectivity index (χ0n) is 11.2. The average molecular weight is 368 g/mol. The van der Waals surface area contributed by atoms with Crippen LogP contribution in [-0.4, -0.2) is 29.9 Å². The van der Waals surface area contributed by atoms with Crippen LogP contribution in [0.5, 0.6) is 0 Å². The van der Waals surface area contributed by atoms with Gasteiger partial charge in [0.15, 0.2) is 0 Å². The van der Waals surface area contributed by atoms with Crippen LogP contribution in [0.15, 0.2) is 15.2 Å². The van der Waals surface area contributed by atoms with Gasteiger partial charge in [0, 0.05) is 13.6 Å². The van der Waals surface area contributed by atoms with Crippen molar-refractivity contribution >= 4 is 45.6 Å². The molecule has 1 atom stereocenters. The lowest BCUT2D eigenvalue weighted by molar-refractivity contribution is -0.137. The topological polar surface area (TPSA) is 32.3 Å². The Morgan fingerprint density at radius 1 is 1.63 bits per heavy atom. The fraction of sp³-hybridized carbons (Fsp3) is 0.615. The second kappa shape index (κ2) is 7.07. The Morgan fingerprint density at radius 3 is 2.84 bits per heavy atom. The van der Waals surface area contributed by atoms with Crippen LogP contribution in [0.4, 0.5) is 0 Å². The molecule has 2 heterocycles. The van der Waals surface area contributed by atoms with Crippen molar-refractivity contribution in [1.82, 2.24) is 10.2 Å². The van der Waals surface area contributed by atoms with Gasteiger partial charge in [-0.25, -0.2) is 0 Å². The standard InChI is InChI=1S/C13H19BrN2OS.ClH/c1-3-13(5-4-6-15-13)12(17)16(2)8-10-7-11(14)18-9-10;/h7,9,15H,3-6,8H2,1-2H3;1H. The lowest BCUT2D eigenvalue weighted by atomic mass is 9.92. The molecule has 1 aromatic heterocycles. The summed E-state index contributed by atoms with van der Waals surface area (Å²) in [5.74, 6) is 0.227. The highest BCUT2D eigenvalue weighted by Gasteiger charge is 2.40. The fourth-order valence-corrected chi connectivity index (χ4v) is 3.78. The summed E-state index contributed by atoms with van der Waals surface area (Å²) in [5, 5.41) is 5.49. The molecule has 1 amide bonds. The molecular formula is C13H20BrClN2OS. The third-order valence-electron chi connectivity index (χ3n) is 3.64. The number of carbonyl (C=O) groups is 1. The first-order chi connectivity index (χ1) is 8.57. The van der Waals surface area contributed by atoms with Gasteiger partial charge in [0.25, 0.3) is 0 Å². The number of amides is 1. The Labute approximate surface area is 133 Å². The summed E-state index contributed by atoms with van der Waals surface area (Å²) in [7, 11) is 1.89. The molecule has 0 spiro atoms. The van der Waals surface area contributed by atoms with E-state index in [9.17, 15) is 4.79 Å². The monoisotopic (exact) mass is 366 g/mol. The van der Waals surface area contributed by atoms with Gasteiger partial charge in [0.1, 0.15) is 0 Å². The van der Waals surface area contributed by atoms with Crippen molar-refractivity contribution in [2.75, 3.05) is 13.6 Å². The summed E-state index contributed by atoms with van der Waals surface area (Å²) in [6.45, 7) is 3.73. The van der Waals surface area contributed by atoms with Crippen molar-refractivity contribution in [3.8, 4) is 0 Å². The van der Waals surface area contributed by atoms with Gasteiger partial charge in [-0.3, -0.25) is 4.79 Å². The molecule has 1 unspecified atom stereocenters. The molecule has 1 fully saturated rings. The number of nitrogens with zero attached hydrogens (tertiary/aromatic N) is 1. The maximum absolute atomic E-state index is 12.6. The summed E-state index contributed by atoms with van der Waals surface area (Å²) < 4.78 is 1.11. The molecule has 0 aromatic carbocycles. The molecule has 0 saturated carbocycles. The van der Waals surface area contributed by atoms with Gasteiger partial charge in [0.2, 0.25) is 5.91 Å². The maximum Gasteiger partial charge on any atom is 0.242 e. The number of thiophene rings is 1. The van der Waals surface area contributed by atoms with Gasteiger partial charge in [0.05, 0.1) is 9.33 Å². The predicted octanol–water partition coefficient (Wildman–Crippen LogP) is 3.42. The third-order valence-corrected chi connectivity index (χ3v) is 5.20. The number of likely N-dealkylation sites (N-methyl/N-ethyl adjacent to an activating group) is 1. The van der Waals surface area contributed by atoms with Gasteiger partial charge >= 0.3 is 0 Å². The van der Waals surface area contributed by atoms with Crippen LogP contribution >= 0.6 is 39.7 Å². The molecule has 3 nitrogen and oxygen atoms in total. The lowest BCUT2D eigenvalue weighted by Gasteiger charge is -2.31. The number of hydrogen-bond donors (Lipinski definition) is 1. The van der Waals surface area contributed by atoms with Crippen molar-refractivity contribution in [2.45, 2.75) is 38.3 Å². The molecule has 0 bridgehead atoms. The molecule has 6 heteroatoms. The lowest BCUT2D eigenvalue weighted by Crippen LogP contribution is -2.53. The zero-order valence-corrected chi connectivity index (χ0v) is 14.5. The third kappa shape index (κ3) is 3.72. The predicted molar refractivity (Wildman–Crippen MR) is 86.0 cm³/mol. The van der Waals surface area contributed by atoms with E-state index >= 15 is 0 Å². The van der Waals surface area contributed by atoms with Gasteiger partial charge in [-0.05, 0) is 58.7 Å². The highest BCUT2D eigenvalue weighted by atomic mass is 79.9. The molecule has 19 heavy (non-hydrogen) atoms. The molecule has 1 aromatic rings. The SMILES string of the molecule is CCC1(C(=O)N(C)Cc2csc(Br)c2)CCCN1.Cl. The zero-order chi connectivity index (χ0) is 13.2. The normalized spacial score (nSPS) is 22.1. The van der Waals surface area contributed by atoms with Crippen LogP contribution in [0.1, 0.15) is 31.7 Å². The highest BCUT2D eigenvalue weighted by Crippen LogP contribution is 2.27. The second-order valence-corrected chi connectivity index (χ2v) is 7.18. The van der Waals surface area contributed by atoms with Crippen molar-refractivity contribution in [3.63, 3.8) is 0 Å². The van der Waals surface area contributed by atoms with E-state index in [-0.39, 0.29) is 23.9 Å². The van der Waals surface area contributed by atoms with Gasteiger partial charge in [-0.1, -0.05) is 6.92 Å². The van der Waals surface area contributed by atoms with Crippen LogP contribution in [0.25, 0.3) is 0 Å². The van der Waals surface area contributed by atoms with Crippen LogP contribution in [0.3, 0.4) is 0 Å². The Morgan fingerprint density at radius 2 is 2.37 bits per heavy atom. The van der Waals surface area contributed by atoms with Gasteiger partial charge in [-0.2, -0.15) is 0 Å². The number of rotatable bonds is 4. The molecule has 0 aliphatic carbocycles.